The third-order valence-electron chi connectivity index (χ3n) is 2.70. The molecule has 2 aromatic rings. The lowest BCUT2D eigenvalue weighted by atomic mass is 10.1. The van der Waals surface area contributed by atoms with Crippen molar-refractivity contribution in [3.05, 3.63) is 65.7 Å². The van der Waals surface area contributed by atoms with Crippen molar-refractivity contribution in [2.24, 2.45) is 0 Å². The van der Waals surface area contributed by atoms with Gasteiger partial charge in [-0.1, -0.05) is 30.3 Å². The molecule has 0 N–H and O–H groups in total. The van der Waals surface area contributed by atoms with Crippen LogP contribution in [0.15, 0.2) is 59.5 Å². The predicted octanol–water partition coefficient (Wildman–Crippen LogP) is 4.28. The molecule has 0 aliphatic heterocycles. The van der Waals surface area contributed by atoms with Gasteiger partial charge in [0.05, 0.1) is 11.6 Å². The van der Waals surface area contributed by atoms with E-state index in [1.165, 1.54) is 16.9 Å². The third-order valence-corrected chi connectivity index (χ3v) is 3.80. The Labute approximate surface area is 112 Å². The molecule has 90 valence electrons. The fourth-order valence-corrected chi connectivity index (χ4v) is 2.59. The summed E-state index contributed by atoms with van der Waals surface area (Å²) < 4.78 is 0. The second-order valence-corrected chi connectivity index (χ2v) is 5.24. The molecule has 2 rings (SSSR count). The van der Waals surface area contributed by atoms with Crippen LogP contribution >= 0.6 is 11.8 Å². The van der Waals surface area contributed by atoms with Crippen LogP contribution < -0.4 is 0 Å². The number of hydrogen-bond donors (Lipinski definition) is 0. The van der Waals surface area contributed by atoms with Crippen molar-refractivity contribution >= 4 is 11.8 Å². The Morgan fingerprint density at radius 3 is 2.33 bits per heavy atom. The minimum absolute atomic E-state index is 0.726. The minimum Gasteiger partial charge on any atom is -0.192 e. The van der Waals surface area contributed by atoms with Gasteiger partial charge in [0.2, 0.25) is 0 Å². The average Bonchev–Trinajstić information content (AvgIpc) is 2.45. The normalized spacial score (nSPS) is 9.94. The zero-order valence-electron chi connectivity index (χ0n) is 10.2. The molecule has 0 unspecified atom stereocenters. The first-order chi connectivity index (χ1) is 8.88. The Kier molecular flexibility index (Phi) is 4.87. The van der Waals surface area contributed by atoms with Crippen LogP contribution in [0.1, 0.15) is 17.5 Å². The number of aryl methyl sites for hydroxylation is 1. The molecule has 0 aliphatic rings. The Balaban J connectivity index is 1.74. The fourth-order valence-electron chi connectivity index (χ4n) is 1.74. The van der Waals surface area contributed by atoms with Gasteiger partial charge in [-0.15, -0.1) is 11.8 Å². The highest BCUT2D eigenvalue weighted by Crippen LogP contribution is 2.19. The van der Waals surface area contributed by atoms with E-state index in [1.54, 1.807) is 0 Å². The van der Waals surface area contributed by atoms with Gasteiger partial charge >= 0.3 is 0 Å². The van der Waals surface area contributed by atoms with Gasteiger partial charge in [0, 0.05) is 4.90 Å². The van der Waals surface area contributed by atoms with Gasteiger partial charge in [-0.05, 0) is 48.4 Å². The molecule has 0 spiro atoms. The highest BCUT2D eigenvalue weighted by atomic mass is 32.2. The number of benzene rings is 2. The lowest BCUT2D eigenvalue weighted by molar-refractivity contribution is 0.933. The van der Waals surface area contributed by atoms with Gasteiger partial charge in [0.1, 0.15) is 0 Å². The molecule has 0 saturated carbocycles. The SMILES string of the molecule is N#Cc1ccc(SCCCc2ccccc2)cc1. The van der Waals surface area contributed by atoms with Crippen LogP contribution in [0.4, 0.5) is 0 Å². The molecule has 0 radical (unpaired) electrons. The fraction of sp³-hybridized carbons (Fsp3) is 0.188. The van der Waals surface area contributed by atoms with Crippen molar-refractivity contribution < 1.29 is 0 Å². The first-order valence-electron chi connectivity index (χ1n) is 6.05. The molecule has 0 heterocycles. The Morgan fingerprint density at radius 1 is 0.944 bits per heavy atom. The van der Waals surface area contributed by atoms with Gasteiger partial charge in [-0.3, -0.25) is 0 Å². The number of nitriles is 1. The molecule has 0 amide bonds. The lowest BCUT2D eigenvalue weighted by Gasteiger charge is -2.02. The van der Waals surface area contributed by atoms with Gasteiger partial charge in [0.15, 0.2) is 0 Å². The van der Waals surface area contributed by atoms with Crippen molar-refractivity contribution in [3.63, 3.8) is 0 Å². The lowest BCUT2D eigenvalue weighted by Crippen LogP contribution is -1.87. The van der Waals surface area contributed by atoms with E-state index >= 15 is 0 Å². The molecular formula is C16H15NS. The number of hydrogen-bond acceptors (Lipinski definition) is 2. The predicted molar refractivity (Wildman–Crippen MR) is 76.6 cm³/mol. The smallest absolute Gasteiger partial charge is 0.0991 e. The van der Waals surface area contributed by atoms with Crippen LogP contribution in [-0.2, 0) is 6.42 Å². The van der Waals surface area contributed by atoms with Crippen LogP contribution in [-0.4, -0.2) is 5.75 Å². The van der Waals surface area contributed by atoms with Crippen LogP contribution in [0.2, 0.25) is 0 Å². The molecule has 0 fully saturated rings. The van der Waals surface area contributed by atoms with Crippen molar-refractivity contribution in [2.45, 2.75) is 17.7 Å². The third kappa shape index (κ3) is 3.94. The Morgan fingerprint density at radius 2 is 1.67 bits per heavy atom. The summed E-state index contributed by atoms with van der Waals surface area (Å²) >= 11 is 1.85. The number of thioether (sulfide) groups is 1. The number of rotatable bonds is 5. The van der Waals surface area contributed by atoms with Crippen LogP contribution in [0.5, 0.6) is 0 Å². The summed E-state index contributed by atoms with van der Waals surface area (Å²) in [7, 11) is 0. The van der Waals surface area contributed by atoms with Crippen LogP contribution in [0, 0.1) is 11.3 Å². The van der Waals surface area contributed by atoms with E-state index in [0.29, 0.717) is 0 Å². The maximum absolute atomic E-state index is 8.71. The van der Waals surface area contributed by atoms with E-state index in [-0.39, 0.29) is 0 Å². The van der Waals surface area contributed by atoms with Crippen molar-refractivity contribution in [1.29, 1.82) is 5.26 Å². The Bertz CT molecular complexity index is 511. The van der Waals surface area contributed by atoms with Crippen LogP contribution in [0.3, 0.4) is 0 Å². The average molecular weight is 253 g/mol. The summed E-state index contributed by atoms with van der Waals surface area (Å²) in [6.45, 7) is 0. The van der Waals surface area contributed by atoms with E-state index in [0.717, 1.165) is 17.7 Å². The highest BCUT2D eigenvalue weighted by molar-refractivity contribution is 7.99. The van der Waals surface area contributed by atoms with Gasteiger partial charge in [-0.25, -0.2) is 0 Å². The molecule has 0 aromatic heterocycles. The molecule has 0 bridgehead atoms. The zero-order chi connectivity index (χ0) is 12.6. The van der Waals surface area contributed by atoms with Crippen molar-refractivity contribution in [1.82, 2.24) is 0 Å². The van der Waals surface area contributed by atoms with E-state index < -0.39 is 0 Å². The largest absolute Gasteiger partial charge is 0.192 e. The van der Waals surface area contributed by atoms with Gasteiger partial charge in [0.25, 0.3) is 0 Å². The van der Waals surface area contributed by atoms with Crippen molar-refractivity contribution in [3.8, 4) is 6.07 Å². The molecular weight excluding hydrogens is 238 g/mol. The quantitative estimate of drug-likeness (QED) is 0.586. The molecule has 0 saturated heterocycles. The van der Waals surface area contributed by atoms with Gasteiger partial charge in [-0.2, -0.15) is 5.26 Å². The van der Waals surface area contributed by atoms with E-state index in [4.69, 9.17) is 5.26 Å². The summed E-state index contributed by atoms with van der Waals surface area (Å²) in [4.78, 5) is 1.24. The topological polar surface area (TPSA) is 23.8 Å². The molecule has 0 atom stereocenters. The summed E-state index contributed by atoms with van der Waals surface area (Å²) in [6, 6.07) is 20.5. The monoisotopic (exact) mass is 253 g/mol. The highest BCUT2D eigenvalue weighted by Gasteiger charge is 1.96. The summed E-state index contributed by atoms with van der Waals surface area (Å²) in [5, 5.41) is 8.71. The van der Waals surface area contributed by atoms with E-state index in [1.807, 2.05) is 36.0 Å². The second-order valence-electron chi connectivity index (χ2n) is 4.07. The van der Waals surface area contributed by atoms with E-state index in [2.05, 4.69) is 36.4 Å². The molecule has 18 heavy (non-hydrogen) atoms. The standard InChI is InChI=1S/C16H15NS/c17-13-15-8-10-16(11-9-15)18-12-4-7-14-5-2-1-3-6-14/h1-3,5-6,8-11H,4,7,12H2. The van der Waals surface area contributed by atoms with Gasteiger partial charge < -0.3 is 0 Å². The molecule has 2 aromatic carbocycles. The molecule has 0 aliphatic carbocycles. The summed E-state index contributed by atoms with van der Waals surface area (Å²) in [5.74, 6) is 1.11. The summed E-state index contributed by atoms with van der Waals surface area (Å²) in [6.07, 6.45) is 2.30. The second kappa shape index (κ2) is 6.88. The first-order valence-corrected chi connectivity index (χ1v) is 7.04. The summed E-state index contributed by atoms with van der Waals surface area (Å²) in [5.41, 5.74) is 2.13. The number of nitrogens with zero attached hydrogens (tertiary/aromatic N) is 1. The minimum atomic E-state index is 0.726. The molecule has 2 heteroatoms. The van der Waals surface area contributed by atoms with Crippen LogP contribution in [0.25, 0.3) is 0 Å². The Hall–Kier alpha value is -1.72. The maximum Gasteiger partial charge on any atom is 0.0991 e. The van der Waals surface area contributed by atoms with E-state index in [9.17, 15) is 0 Å². The maximum atomic E-state index is 8.71. The molecule has 1 nitrogen and oxygen atoms in total. The zero-order valence-corrected chi connectivity index (χ0v) is 11.0. The first kappa shape index (κ1) is 12.7. The van der Waals surface area contributed by atoms with Crippen molar-refractivity contribution in [2.75, 3.05) is 5.75 Å².